The molecular weight excluding hydrogens is 254 g/mol. The van der Waals surface area contributed by atoms with Gasteiger partial charge in [0.2, 0.25) is 11.8 Å². The maximum atomic E-state index is 11.4. The molecule has 0 heterocycles. The number of halogens is 1. The summed E-state index contributed by atoms with van der Waals surface area (Å²) < 4.78 is 0. The number of carbonyl (C=O) groups excluding carboxylic acids is 2. The Hall–Kier alpha value is -0.810. The first-order valence-electron chi connectivity index (χ1n) is 6.21. The quantitative estimate of drug-likeness (QED) is 0.615. The van der Waals surface area contributed by atoms with E-state index in [1.807, 2.05) is 20.8 Å². The van der Waals surface area contributed by atoms with Crippen molar-refractivity contribution in [3.8, 4) is 0 Å². The number of nitrogens with one attached hydrogen (secondary N) is 2. The fraction of sp³-hybridized carbons (Fsp3) is 0.833. The number of hydrogen-bond donors (Lipinski definition) is 3. The number of amides is 2. The van der Waals surface area contributed by atoms with E-state index in [0.717, 1.165) is 0 Å². The fourth-order valence-corrected chi connectivity index (χ4v) is 1.26. The molecule has 0 aromatic carbocycles. The summed E-state index contributed by atoms with van der Waals surface area (Å²) in [5, 5.41) is 5.59. The fourth-order valence-electron chi connectivity index (χ4n) is 1.26. The number of carbonyl (C=O) groups is 2. The Balaban J connectivity index is 0. The second-order valence-electron chi connectivity index (χ2n) is 4.72. The SMILES string of the molecule is CC(CN)CNC(=O)CCCC(=O)NC(C)C.Cl. The molecule has 0 bridgehead atoms. The lowest BCUT2D eigenvalue weighted by molar-refractivity contribution is -0.122. The molecule has 18 heavy (non-hydrogen) atoms. The molecule has 0 saturated heterocycles. The molecule has 5 nitrogen and oxygen atoms in total. The number of nitrogens with two attached hydrogens (primary N) is 1. The Morgan fingerprint density at radius 2 is 1.67 bits per heavy atom. The maximum Gasteiger partial charge on any atom is 0.220 e. The molecule has 0 aromatic rings. The van der Waals surface area contributed by atoms with Crippen LogP contribution in [0.4, 0.5) is 0 Å². The van der Waals surface area contributed by atoms with Crippen molar-refractivity contribution in [2.75, 3.05) is 13.1 Å². The molecule has 0 aliphatic rings. The second kappa shape index (κ2) is 11.3. The molecule has 0 spiro atoms. The topological polar surface area (TPSA) is 84.2 Å². The molecule has 4 N–H and O–H groups in total. The molecule has 1 atom stereocenters. The van der Waals surface area contributed by atoms with Gasteiger partial charge in [-0.25, -0.2) is 0 Å². The van der Waals surface area contributed by atoms with Crippen LogP contribution in [0.2, 0.25) is 0 Å². The van der Waals surface area contributed by atoms with Gasteiger partial charge in [-0.1, -0.05) is 6.92 Å². The van der Waals surface area contributed by atoms with Crippen LogP contribution in [0.25, 0.3) is 0 Å². The highest BCUT2D eigenvalue weighted by Gasteiger charge is 2.07. The van der Waals surface area contributed by atoms with E-state index in [2.05, 4.69) is 10.6 Å². The van der Waals surface area contributed by atoms with Crippen molar-refractivity contribution < 1.29 is 9.59 Å². The molecule has 0 fully saturated rings. The molecule has 0 rings (SSSR count). The van der Waals surface area contributed by atoms with Crippen molar-refractivity contribution in [1.82, 2.24) is 10.6 Å². The van der Waals surface area contributed by atoms with E-state index in [4.69, 9.17) is 5.73 Å². The van der Waals surface area contributed by atoms with Crippen LogP contribution in [-0.4, -0.2) is 30.9 Å². The molecule has 6 heteroatoms. The Kier molecular flexibility index (Phi) is 12.2. The van der Waals surface area contributed by atoms with Gasteiger partial charge in [0.15, 0.2) is 0 Å². The van der Waals surface area contributed by atoms with Gasteiger partial charge in [-0.05, 0) is 32.7 Å². The molecule has 0 aliphatic heterocycles. The van der Waals surface area contributed by atoms with Crippen molar-refractivity contribution >= 4 is 24.2 Å². The van der Waals surface area contributed by atoms with E-state index in [-0.39, 0.29) is 30.3 Å². The monoisotopic (exact) mass is 279 g/mol. The van der Waals surface area contributed by atoms with Gasteiger partial charge in [0.25, 0.3) is 0 Å². The zero-order chi connectivity index (χ0) is 13.3. The molecule has 2 amide bonds. The predicted octanol–water partition coefficient (Wildman–Crippen LogP) is 0.814. The molecule has 0 aliphatic carbocycles. The predicted molar refractivity (Wildman–Crippen MR) is 75.6 cm³/mol. The molecule has 0 aromatic heterocycles. The minimum absolute atomic E-state index is 0. The minimum atomic E-state index is -0.0114. The summed E-state index contributed by atoms with van der Waals surface area (Å²) >= 11 is 0. The molecule has 1 unspecified atom stereocenters. The highest BCUT2D eigenvalue weighted by atomic mass is 35.5. The van der Waals surface area contributed by atoms with Crippen molar-refractivity contribution in [2.45, 2.75) is 46.1 Å². The lowest BCUT2D eigenvalue weighted by atomic mass is 10.1. The Labute approximate surface area is 116 Å². The smallest absolute Gasteiger partial charge is 0.220 e. The first-order valence-corrected chi connectivity index (χ1v) is 6.21. The van der Waals surface area contributed by atoms with Gasteiger partial charge in [0.1, 0.15) is 0 Å². The average molecular weight is 280 g/mol. The Morgan fingerprint density at radius 1 is 1.11 bits per heavy atom. The normalized spacial score (nSPS) is 11.6. The van der Waals surface area contributed by atoms with Gasteiger partial charge in [-0.2, -0.15) is 0 Å². The summed E-state index contributed by atoms with van der Waals surface area (Å²) in [5.41, 5.74) is 5.44. The highest BCUT2D eigenvalue weighted by molar-refractivity contribution is 5.85. The first kappa shape index (κ1) is 19.5. The van der Waals surface area contributed by atoms with E-state index in [1.165, 1.54) is 0 Å². The van der Waals surface area contributed by atoms with E-state index in [0.29, 0.717) is 38.3 Å². The lowest BCUT2D eigenvalue weighted by Gasteiger charge is -2.10. The van der Waals surface area contributed by atoms with Crippen molar-refractivity contribution in [2.24, 2.45) is 11.7 Å². The van der Waals surface area contributed by atoms with Crippen molar-refractivity contribution in [1.29, 1.82) is 0 Å². The van der Waals surface area contributed by atoms with Crippen LogP contribution < -0.4 is 16.4 Å². The summed E-state index contributed by atoms with van der Waals surface area (Å²) in [6.45, 7) is 6.98. The summed E-state index contributed by atoms with van der Waals surface area (Å²) in [6.07, 6.45) is 1.38. The van der Waals surface area contributed by atoms with E-state index < -0.39 is 0 Å². The third-order valence-electron chi connectivity index (χ3n) is 2.31. The Morgan fingerprint density at radius 3 is 2.17 bits per heavy atom. The maximum absolute atomic E-state index is 11.4. The van der Waals surface area contributed by atoms with E-state index in [9.17, 15) is 9.59 Å². The van der Waals surface area contributed by atoms with Crippen LogP contribution in [0.5, 0.6) is 0 Å². The average Bonchev–Trinajstić information content (AvgIpc) is 2.24. The molecular formula is C12H26ClN3O2. The zero-order valence-electron chi connectivity index (χ0n) is 11.5. The van der Waals surface area contributed by atoms with Crippen LogP contribution in [0.3, 0.4) is 0 Å². The molecule has 0 radical (unpaired) electrons. The largest absolute Gasteiger partial charge is 0.356 e. The van der Waals surface area contributed by atoms with Gasteiger partial charge < -0.3 is 16.4 Å². The second-order valence-corrected chi connectivity index (χ2v) is 4.72. The third-order valence-corrected chi connectivity index (χ3v) is 2.31. The molecule has 108 valence electrons. The number of hydrogen-bond acceptors (Lipinski definition) is 3. The van der Waals surface area contributed by atoms with Crippen molar-refractivity contribution in [3.63, 3.8) is 0 Å². The van der Waals surface area contributed by atoms with Gasteiger partial charge in [-0.15, -0.1) is 12.4 Å². The first-order chi connectivity index (χ1) is 7.95. The summed E-state index contributed by atoms with van der Waals surface area (Å²) in [7, 11) is 0. The van der Waals surface area contributed by atoms with E-state index >= 15 is 0 Å². The summed E-state index contributed by atoms with van der Waals surface area (Å²) in [5.74, 6) is 0.286. The standard InChI is InChI=1S/C12H25N3O2.ClH/c1-9(2)15-12(17)6-4-5-11(16)14-8-10(3)7-13;/h9-10H,4-8,13H2,1-3H3,(H,14,16)(H,15,17);1H. The third kappa shape index (κ3) is 11.7. The van der Waals surface area contributed by atoms with Crippen LogP contribution in [0.15, 0.2) is 0 Å². The van der Waals surface area contributed by atoms with Crippen molar-refractivity contribution in [3.05, 3.63) is 0 Å². The van der Waals surface area contributed by atoms with Gasteiger partial charge in [-0.3, -0.25) is 9.59 Å². The lowest BCUT2D eigenvalue weighted by Crippen LogP contribution is -2.32. The summed E-state index contributed by atoms with van der Waals surface area (Å²) in [4.78, 5) is 22.7. The summed E-state index contributed by atoms with van der Waals surface area (Å²) in [6, 6.07) is 0.154. The van der Waals surface area contributed by atoms with Gasteiger partial charge >= 0.3 is 0 Å². The van der Waals surface area contributed by atoms with Crippen LogP contribution in [0.1, 0.15) is 40.0 Å². The minimum Gasteiger partial charge on any atom is -0.356 e. The Bertz CT molecular complexity index is 247. The zero-order valence-corrected chi connectivity index (χ0v) is 12.3. The van der Waals surface area contributed by atoms with Gasteiger partial charge in [0, 0.05) is 25.4 Å². The molecule has 0 saturated carbocycles. The highest BCUT2D eigenvalue weighted by Crippen LogP contribution is 1.97. The van der Waals surface area contributed by atoms with Crippen LogP contribution >= 0.6 is 12.4 Å². The number of rotatable bonds is 8. The van der Waals surface area contributed by atoms with Crippen LogP contribution in [-0.2, 0) is 9.59 Å². The van der Waals surface area contributed by atoms with E-state index in [1.54, 1.807) is 0 Å². The van der Waals surface area contributed by atoms with Gasteiger partial charge in [0.05, 0.1) is 0 Å². The van der Waals surface area contributed by atoms with Crippen LogP contribution in [0, 0.1) is 5.92 Å².